The third-order valence-corrected chi connectivity index (χ3v) is 3.94. The lowest BCUT2D eigenvalue weighted by Crippen LogP contribution is -2.42. The summed E-state index contributed by atoms with van der Waals surface area (Å²) in [6, 6.07) is 13.8. The average Bonchev–Trinajstić information content (AvgIpc) is 2.56. The maximum Gasteiger partial charge on any atom is 0.416 e. The summed E-state index contributed by atoms with van der Waals surface area (Å²) in [4.78, 5) is 14.0. The summed E-state index contributed by atoms with van der Waals surface area (Å²) < 4.78 is 38.5. The molecule has 25 heavy (non-hydrogen) atoms. The van der Waals surface area contributed by atoms with Crippen LogP contribution in [0, 0.1) is 0 Å². The van der Waals surface area contributed by atoms with Crippen LogP contribution in [0.2, 0.25) is 0 Å². The monoisotopic (exact) mass is 350 g/mol. The largest absolute Gasteiger partial charge is 0.416 e. The maximum atomic E-state index is 12.8. The van der Waals surface area contributed by atoms with E-state index in [4.69, 9.17) is 0 Å². The molecule has 0 radical (unpaired) electrons. The van der Waals surface area contributed by atoms with E-state index in [1.54, 1.807) is 23.1 Å². The van der Waals surface area contributed by atoms with Gasteiger partial charge in [-0.15, -0.1) is 0 Å². The predicted molar refractivity (Wildman–Crippen MR) is 92.5 cm³/mol. The second-order valence-electron chi connectivity index (χ2n) is 5.83. The Labute approximate surface area is 145 Å². The van der Waals surface area contributed by atoms with E-state index in [2.05, 4.69) is 5.32 Å². The van der Waals surface area contributed by atoms with Gasteiger partial charge in [0.25, 0.3) is 0 Å². The lowest BCUT2D eigenvalue weighted by molar-refractivity contribution is -0.137. The Hall–Kier alpha value is -2.50. The number of hydrogen-bond donors (Lipinski definition) is 1. The lowest BCUT2D eigenvalue weighted by atomic mass is 10.0. The Balaban J connectivity index is 2.07. The number of benzene rings is 2. The van der Waals surface area contributed by atoms with Crippen LogP contribution in [0.1, 0.15) is 25.0 Å². The molecule has 0 aliphatic heterocycles. The molecule has 1 N–H and O–H groups in total. The molecule has 2 aromatic carbocycles. The van der Waals surface area contributed by atoms with Crippen LogP contribution >= 0.6 is 0 Å². The highest BCUT2D eigenvalue weighted by Crippen LogP contribution is 2.30. The highest BCUT2D eigenvalue weighted by atomic mass is 19.4. The Bertz CT molecular complexity index is 701. The first kappa shape index (κ1) is 18.8. The Kier molecular flexibility index (Phi) is 6.07. The normalized spacial score (nSPS) is 12.5. The third kappa shape index (κ3) is 5.24. The van der Waals surface area contributed by atoms with Gasteiger partial charge in [0.1, 0.15) is 0 Å². The van der Waals surface area contributed by atoms with Crippen LogP contribution in [0.5, 0.6) is 0 Å². The van der Waals surface area contributed by atoms with Gasteiger partial charge in [-0.1, -0.05) is 36.4 Å². The van der Waals surface area contributed by atoms with Crippen molar-refractivity contribution in [3.8, 4) is 0 Å². The minimum Gasteiger partial charge on any atom is -0.322 e. The topological polar surface area (TPSA) is 32.3 Å². The highest BCUT2D eigenvalue weighted by molar-refractivity contribution is 5.89. The molecular formula is C19H21F3N2O. The van der Waals surface area contributed by atoms with Crippen LogP contribution < -0.4 is 5.32 Å². The first-order valence-electron chi connectivity index (χ1n) is 8.10. The quantitative estimate of drug-likeness (QED) is 0.791. The third-order valence-electron chi connectivity index (χ3n) is 3.94. The van der Waals surface area contributed by atoms with Crippen molar-refractivity contribution in [2.45, 2.75) is 32.5 Å². The molecule has 0 aliphatic carbocycles. The molecule has 6 heteroatoms. The van der Waals surface area contributed by atoms with Gasteiger partial charge in [0.2, 0.25) is 0 Å². The predicted octanol–water partition coefficient (Wildman–Crippen LogP) is 5.19. The average molecular weight is 350 g/mol. The van der Waals surface area contributed by atoms with E-state index in [1.165, 1.54) is 6.07 Å². The number of para-hydroxylation sites is 1. The molecular weight excluding hydrogens is 329 g/mol. The fraction of sp³-hybridized carbons (Fsp3) is 0.316. The molecule has 0 aromatic heterocycles. The van der Waals surface area contributed by atoms with Crippen molar-refractivity contribution < 1.29 is 18.0 Å². The van der Waals surface area contributed by atoms with Gasteiger partial charge in [0, 0.05) is 18.3 Å². The number of nitrogens with one attached hydrogen (secondary N) is 1. The van der Waals surface area contributed by atoms with E-state index in [1.807, 2.05) is 32.0 Å². The number of rotatable bonds is 5. The molecule has 3 nitrogen and oxygen atoms in total. The molecule has 1 atom stereocenters. The minimum absolute atomic E-state index is 0.239. The Morgan fingerprint density at radius 2 is 1.80 bits per heavy atom. The SMILES string of the molecule is CCN(C(=O)Nc1ccccc1)C(C)Cc1cccc(C(F)(F)F)c1. The zero-order valence-electron chi connectivity index (χ0n) is 14.2. The van der Waals surface area contributed by atoms with Crippen molar-refractivity contribution in [3.05, 3.63) is 65.7 Å². The summed E-state index contributed by atoms with van der Waals surface area (Å²) in [5, 5.41) is 2.80. The minimum atomic E-state index is -4.37. The number of halogens is 3. The summed E-state index contributed by atoms with van der Waals surface area (Å²) in [6.07, 6.45) is -4.02. The molecule has 0 heterocycles. The number of amides is 2. The molecule has 2 amide bonds. The standard InChI is InChI=1S/C19H21F3N2O/c1-3-24(18(25)23-17-10-5-4-6-11-17)14(2)12-15-8-7-9-16(13-15)19(20,21)22/h4-11,13-14H,3,12H2,1-2H3,(H,23,25). The van der Waals surface area contributed by atoms with Gasteiger partial charge >= 0.3 is 12.2 Å². The van der Waals surface area contributed by atoms with Crippen molar-refractivity contribution in [2.75, 3.05) is 11.9 Å². The van der Waals surface area contributed by atoms with E-state index >= 15 is 0 Å². The highest BCUT2D eigenvalue weighted by Gasteiger charge is 2.30. The lowest BCUT2D eigenvalue weighted by Gasteiger charge is -2.28. The van der Waals surface area contributed by atoms with E-state index in [-0.39, 0.29) is 12.1 Å². The molecule has 134 valence electrons. The molecule has 0 fully saturated rings. The number of urea groups is 1. The van der Waals surface area contributed by atoms with E-state index in [9.17, 15) is 18.0 Å². The number of carbonyl (C=O) groups excluding carboxylic acids is 1. The fourth-order valence-electron chi connectivity index (χ4n) is 2.70. The second kappa shape index (κ2) is 8.05. The first-order chi connectivity index (χ1) is 11.8. The molecule has 0 aliphatic rings. The zero-order chi connectivity index (χ0) is 18.4. The number of hydrogen-bond acceptors (Lipinski definition) is 1. The summed E-state index contributed by atoms with van der Waals surface area (Å²) in [7, 11) is 0. The summed E-state index contributed by atoms with van der Waals surface area (Å²) in [5.41, 5.74) is 0.555. The van der Waals surface area contributed by atoms with Gasteiger partial charge in [-0.3, -0.25) is 0 Å². The van der Waals surface area contributed by atoms with E-state index in [0.29, 0.717) is 24.2 Å². The van der Waals surface area contributed by atoms with Gasteiger partial charge in [-0.2, -0.15) is 13.2 Å². The molecule has 0 saturated carbocycles. The van der Waals surface area contributed by atoms with Crippen LogP contribution in [0.4, 0.5) is 23.7 Å². The van der Waals surface area contributed by atoms with Gasteiger partial charge in [0.15, 0.2) is 0 Å². The number of alkyl halides is 3. The molecule has 2 aromatic rings. The van der Waals surface area contributed by atoms with Crippen molar-refractivity contribution >= 4 is 11.7 Å². The van der Waals surface area contributed by atoms with Crippen LogP contribution in [0.25, 0.3) is 0 Å². The summed E-state index contributed by atoms with van der Waals surface area (Å²) in [5.74, 6) is 0. The number of anilines is 1. The number of carbonyl (C=O) groups is 1. The van der Waals surface area contributed by atoms with Crippen molar-refractivity contribution in [1.29, 1.82) is 0 Å². The van der Waals surface area contributed by atoms with Gasteiger partial charge < -0.3 is 10.2 Å². The molecule has 0 spiro atoms. The van der Waals surface area contributed by atoms with Gasteiger partial charge in [0.05, 0.1) is 5.56 Å². The Morgan fingerprint density at radius 1 is 1.12 bits per heavy atom. The maximum absolute atomic E-state index is 12.8. The fourth-order valence-corrected chi connectivity index (χ4v) is 2.70. The van der Waals surface area contributed by atoms with Crippen LogP contribution in [-0.2, 0) is 12.6 Å². The van der Waals surface area contributed by atoms with Crippen LogP contribution in [0.15, 0.2) is 54.6 Å². The molecule has 2 rings (SSSR count). The smallest absolute Gasteiger partial charge is 0.322 e. The number of likely N-dealkylation sites (N-methyl/N-ethyl adjacent to an activating group) is 1. The first-order valence-corrected chi connectivity index (χ1v) is 8.10. The van der Waals surface area contributed by atoms with Gasteiger partial charge in [-0.05, 0) is 44.0 Å². The van der Waals surface area contributed by atoms with Crippen molar-refractivity contribution in [1.82, 2.24) is 4.90 Å². The van der Waals surface area contributed by atoms with Crippen LogP contribution in [0.3, 0.4) is 0 Å². The number of nitrogens with zero attached hydrogens (tertiary/aromatic N) is 1. The molecule has 0 bridgehead atoms. The van der Waals surface area contributed by atoms with Gasteiger partial charge in [-0.25, -0.2) is 4.79 Å². The zero-order valence-corrected chi connectivity index (χ0v) is 14.2. The molecule has 0 saturated heterocycles. The summed E-state index contributed by atoms with van der Waals surface area (Å²) in [6.45, 7) is 4.13. The summed E-state index contributed by atoms with van der Waals surface area (Å²) >= 11 is 0. The van der Waals surface area contributed by atoms with E-state index < -0.39 is 11.7 Å². The second-order valence-corrected chi connectivity index (χ2v) is 5.83. The van der Waals surface area contributed by atoms with Crippen molar-refractivity contribution in [2.24, 2.45) is 0 Å². The molecule has 1 unspecified atom stereocenters. The van der Waals surface area contributed by atoms with Crippen molar-refractivity contribution in [3.63, 3.8) is 0 Å². The van der Waals surface area contributed by atoms with Crippen LogP contribution in [-0.4, -0.2) is 23.5 Å². The Morgan fingerprint density at radius 3 is 2.40 bits per heavy atom. The van der Waals surface area contributed by atoms with E-state index in [0.717, 1.165) is 12.1 Å².